The first kappa shape index (κ1) is 14.9. The smallest absolute Gasteiger partial charge is 0.194 e. The van der Waals surface area contributed by atoms with Crippen molar-refractivity contribution in [1.29, 1.82) is 0 Å². The Balaban J connectivity index is 1.66. The lowest BCUT2D eigenvalue weighted by molar-refractivity contribution is 0.951. The zero-order valence-corrected chi connectivity index (χ0v) is 14.5. The van der Waals surface area contributed by atoms with E-state index in [1.54, 1.807) is 11.3 Å². The zero-order valence-electron chi connectivity index (χ0n) is 13.7. The van der Waals surface area contributed by atoms with E-state index in [0.29, 0.717) is 0 Å². The summed E-state index contributed by atoms with van der Waals surface area (Å²) in [5.74, 6) is 0. The highest BCUT2D eigenvalue weighted by atomic mass is 32.1. The van der Waals surface area contributed by atoms with Gasteiger partial charge in [-0.05, 0) is 37.1 Å². The molecule has 0 fully saturated rings. The van der Waals surface area contributed by atoms with Gasteiger partial charge in [-0.25, -0.2) is 4.98 Å². The lowest BCUT2D eigenvalue weighted by Crippen LogP contribution is -1.97. The van der Waals surface area contributed by atoms with Gasteiger partial charge >= 0.3 is 0 Å². The van der Waals surface area contributed by atoms with Crippen molar-refractivity contribution in [2.45, 2.75) is 13.8 Å². The molecule has 4 rings (SSSR count). The highest BCUT2D eigenvalue weighted by Crippen LogP contribution is 2.28. The van der Waals surface area contributed by atoms with Crippen molar-refractivity contribution < 1.29 is 0 Å². The van der Waals surface area contributed by atoms with Gasteiger partial charge in [0.2, 0.25) is 0 Å². The Morgan fingerprint density at radius 1 is 0.708 bits per heavy atom. The molecule has 0 aliphatic carbocycles. The molecule has 0 amide bonds. The maximum Gasteiger partial charge on any atom is 0.194 e. The minimum Gasteiger partial charge on any atom is -0.295 e. The maximum atomic E-state index is 4.83. The van der Waals surface area contributed by atoms with Crippen molar-refractivity contribution >= 4 is 11.3 Å². The summed E-state index contributed by atoms with van der Waals surface area (Å²) in [4.78, 5) is 4.83. The van der Waals surface area contributed by atoms with Crippen LogP contribution in [0.25, 0.3) is 27.5 Å². The Bertz CT molecular complexity index is 943. The first-order valence-electron chi connectivity index (χ1n) is 7.99. The summed E-state index contributed by atoms with van der Waals surface area (Å²) in [6, 6.07) is 23.3. The van der Waals surface area contributed by atoms with E-state index in [2.05, 4.69) is 84.5 Å². The molecule has 24 heavy (non-hydrogen) atoms. The van der Waals surface area contributed by atoms with Crippen LogP contribution in [0.2, 0.25) is 0 Å². The second kappa shape index (κ2) is 6.10. The molecule has 2 nitrogen and oxygen atoms in total. The Hall–Kier alpha value is -2.65. The monoisotopic (exact) mass is 330 g/mol. The first-order chi connectivity index (χ1) is 11.7. The molecule has 0 unspecified atom stereocenters. The summed E-state index contributed by atoms with van der Waals surface area (Å²) in [6.45, 7) is 4.23. The number of thiazole rings is 1. The van der Waals surface area contributed by atoms with Crippen LogP contribution < -0.4 is 0 Å². The van der Waals surface area contributed by atoms with Crippen molar-refractivity contribution in [2.75, 3.05) is 0 Å². The molecule has 3 heteroatoms. The molecule has 0 saturated heterocycles. The fraction of sp³-hybridized carbons (Fsp3) is 0.0952. The van der Waals surface area contributed by atoms with Crippen LogP contribution in [0, 0.1) is 13.8 Å². The fourth-order valence-corrected chi connectivity index (χ4v) is 3.88. The molecule has 4 aromatic rings. The predicted molar refractivity (Wildman–Crippen MR) is 102 cm³/mol. The van der Waals surface area contributed by atoms with Crippen LogP contribution in [0.15, 0.2) is 72.1 Å². The molecule has 0 N–H and O–H groups in total. The lowest BCUT2D eigenvalue weighted by atomic mass is 10.0. The molecule has 0 atom stereocenters. The number of hydrogen-bond donors (Lipinski definition) is 0. The van der Waals surface area contributed by atoms with E-state index in [0.717, 1.165) is 16.4 Å². The van der Waals surface area contributed by atoms with Crippen molar-refractivity contribution in [3.63, 3.8) is 0 Å². The van der Waals surface area contributed by atoms with Gasteiger partial charge in [0.15, 0.2) is 5.13 Å². The molecule has 0 aliphatic rings. The highest BCUT2D eigenvalue weighted by molar-refractivity contribution is 7.12. The molecule has 0 bridgehead atoms. The number of aryl methyl sites for hydroxylation is 2. The summed E-state index contributed by atoms with van der Waals surface area (Å²) in [5, 5.41) is 3.16. The minimum absolute atomic E-state index is 1.03. The van der Waals surface area contributed by atoms with Gasteiger partial charge in [0.05, 0.1) is 5.69 Å². The van der Waals surface area contributed by atoms with E-state index < -0.39 is 0 Å². The van der Waals surface area contributed by atoms with Crippen LogP contribution in [-0.2, 0) is 0 Å². The molecule has 0 saturated carbocycles. The summed E-state index contributed by atoms with van der Waals surface area (Å²) in [6.07, 6.45) is 0. The second-order valence-corrected chi connectivity index (χ2v) is 6.75. The third-order valence-corrected chi connectivity index (χ3v) is 5.07. The van der Waals surface area contributed by atoms with Gasteiger partial charge < -0.3 is 0 Å². The van der Waals surface area contributed by atoms with Gasteiger partial charge in [0.25, 0.3) is 0 Å². The van der Waals surface area contributed by atoms with E-state index in [-0.39, 0.29) is 0 Å². The average molecular weight is 330 g/mol. The molecule has 0 aliphatic heterocycles. The largest absolute Gasteiger partial charge is 0.295 e. The summed E-state index contributed by atoms with van der Waals surface area (Å²) < 4.78 is 2.20. The van der Waals surface area contributed by atoms with Crippen LogP contribution in [0.3, 0.4) is 0 Å². The van der Waals surface area contributed by atoms with Gasteiger partial charge in [0, 0.05) is 22.3 Å². The quantitative estimate of drug-likeness (QED) is 0.458. The fourth-order valence-electron chi connectivity index (χ4n) is 2.93. The Morgan fingerprint density at radius 2 is 1.29 bits per heavy atom. The zero-order chi connectivity index (χ0) is 16.5. The van der Waals surface area contributed by atoms with E-state index in [1.165, 1.54) is 22.5 Å². The predicted octanol–water partition coefficient (Wildman–Crippen LogP) is 5.88. The van der Waals surface area contributed by atoms with Gasteiger partial charge in [-0.1, -0.05) is 54.6 Å². The molecule has 2 heterocycles. The molecule has 2 aromatic heterocycles. The van der Waals surface area contributed by atoms with Crippen LogP contribution in [0.4, 0.5) is 0 Å². The summed E-state index contributed by atoms with van der Waals surface area (Å²) in [7, 11) is 0. The van der Waals surface area contributed by atoms with Crippen LogP contribution >= 0.6 is 11.3 Å². The number of rotatable bonds is 3. The van der Waals surface area contributed by atoms with E-state index in [9.17, 15) is 0 Å². The van der Waals surface area contributed by atoms with Gasteiger partial charge in [-0.2, -0.15) is 0 Å². The van der Waals surface area contributed by atoms with Crippen LogP contribution in [-0.4, -0.2) is 9.55 Å². The Morgan fingerprint density at radius 3 is 1.96 bits per heavy atom. The van der Waals surface area contributed by atoms with Gasteiger partial charge in [-0.15, -0.1) is 11.3 Å². The van der Waals surface area contributed by atoms with Gasteiger partial charge in [-0.3, -0.25) is 4.57 Å². The van der Waals surface area contributed by atoms with E-state index in [1.807, 2.05) is 6.07 Å². The lowest BCUT2D eigenvalue weighted by Gasteiger charge is -2.04. The normalized spacial score (nSPS) is 10.9. The SMILES string of the molecule is Cc1ccc(C)n1-c1nc(-c2ccc(-c3ccccc3)cc2)cs1. The molecule has 0 spiro atoms. The second-order valence-electron chi connectivity index (χ2n) is 5.91. The number of benzene rings is 2. The minimum atomic E-state index is 1.03. The van der Waals surface area contributed by atoms with Crippen molar-refractivity contribution in [3.05, 3.63) is 83.5 Å². The van der Waals surface area contributed by atoms with Crippen molar-refractivity contribution in [1.82, 2.24) is 9.55 Å². The molecule has 118 valence electrons. The number of nitrogens with zero attached hydrogens (tertiary/aromatic N) is 2. The highest BCUT2D eigenvalue weighted by Gasteiger charge is 2.10. The third-order valence-electron chi connectivity index (χ3n) is 4.24. The summed E-state index contributed by atoms with van der Waals surface area (Å²) in [5.41, 5.74) is 7.08. The third kappa shape index (κ3) is 2.68. The maximum absolute atomic E-state index is 4.83. The topological polar surface area (TPSA) is 17.8 Å². The Labute approximate surface area is 146 Å². The van der Waals surface area contributed by atoms with E-state index >= 15 is 0 Å². The molecular formula is C21H18N2S. The Kier molecular flexibility index (Phi) is 3.79. The van der Waals surface area contributed by atoms with Crippen molar-refractivity contribution in [3.8, 4) is 27.5 Å². The van der Waals surface area contributed by atoms with E-state index in [4.69, 9.17) is 4.98 Å². The standard InChI is InChI=1S/C21H18N2S/c1-15-8-9-16(2)23(15)21-22-20(14-24-21)19-12-10-18(11-13-19)17-6-4-3-5-7-17/h3-14H,1-2H3. The van der Waals surface area contributed by atoms with Crippen LogP contribution in [0.5, 0.6) is 0 Å². The summed E-state index contributed by atoms with van der Waals surface area (Å²) >= 11 is 1.68. The average Bonchev–Trinajstić information content (AvgIpc) is 3.22. The molecule has 0 radical (unpaired) electrons. The number of aromatic nitrogens is 2. The molecular weight excluding hydrogens is 312 g/mol. The molecule has 2 aromatic carbocycles. The number of hydrogen-bond acceptors (Lipinski definition) is 2. The van der Waals surface area contributed by atoms with Gasteiger partial charge in [0.1, 0.15) is 0 Å². The first-order valence-corrected chi connectivity index (χ1v) is 8.87. The van der Waals surface area contributed by atoms with Crippen molar-refractivity contribution in [2.24, 2.45) is 0 Å². The van der Waals surface area contributed by atoms with Crippen LogP contribution in [0.1, 0.15) is 11.4 Å².